The number of carbonyl (C=O) groups excluding carboxylic acids is 1. The smallest absolute Gasteiger partial charge is 0.323 e. The zero-order valence-electron chi connectivity index (χ0n) is 16.4. The Kier molecular flexibility index (Phi) is 8.14. The summed E-state index contributed by atoms with van der Waals surface area (Å²) in [7, 11) is 2.59. The normalized spacial score (nSPS) is 13.9. The number of anilines is 2. The highest BCUT2D eigenvalue weighted by molar-refractivity contribution is 6.00. The fourth-order valence-electron chi connectivity index (χ4n) is 3.48. The molecule has 5 nitrogen and oxygen atoms in total. The number of benzene rings is 2. The molecule has 0 radical (unpaired) electrons. The zero-order chi connectivity index (χ0) is 19.6. The van der Waals surface area contributed by atoms with Crippen molar-refractivity contribution >= 4 is 17.4 Å². The van der Waals surface area contributed by atoms with Gasteiger partial charge in [-0.05, 0) is 61.1 Å². The molecule has 1 aliphatic rings. The summed E-state index contributed by atoms with van der Waals surface area (Å²) in [5.41, 5.74) is 3.90. The number of aliphatic hydroxyl groups excluding tert-OH is 1. The van der Waals surface area contributed by atoms with Crippen LogP contribution in [-0.2, 0) is 0 Å². The van der Waals surface area contributed by atoms with Gasteiger partial charge >= 0.3 is 6.03 Å². The predicted octanol–water partition coefficient (Wildman–Crippen LogP) is 5.80. The molecule has 3 rings (SSSR count). The van der Waals surface area contributed by atoms with Crippen molar-refractivity contribution in [1.29, 1.82) is 0 Å². The quantitative estimate of drug-likeness (QED) is 0.634. The minimum Gasteiger partial charge on any atom is -0.495 e. The van der Waals surface area contributed by atoms with Crippen LogP contribution < -0.4 is 15.4 Å². The maximum absolute atomic E-state index is 12.3. The van der Waals surface area contributed by atoms with Crippen LogP contribution in [0.2, 0.25) is 0 Å². The highest BCUT2D eigenvalue weighted by Crippen LogP contribution is 2.33. The number of aryl methyl sites for hydroxylation is 1. The number of hydrogen-bond acceptors (Lipinski definition) is 3. The number of methoxy groups -OCH3 is 1. The van der Waals surface area contributed by atoms with Crippen LogP contribution in [-0.4, -0.2) is 25.4 Å². The Morgan fingerprint density at radius 2 is 1.70 bits per heavy atom. The van der Waals surface area contributed by atoms with Crippen molar-refractivity contribution in [2.24, 2.45) is 0 Å². The lowest BCUT2D eigenvalue weighted by Crippen LogP contribution is -2.20. The molecule has 0 unspecified atom stereocenters. The van der Waals surface area contributed by atoms with E-state index in [0.29, 0.717) is 17.4 Å². The molecule has 5 heteroatoms. The van der Waals surface area contributed by atoms with Crippen LogP contribution in [0.15, 0.2) is 42.5 Å². The molecular formula is C22H34N2O3. The summed E-state index contributed by atoms with van der Waals surface area (Å²) in [5.74, 6) is 1.32. The number of aliphatic hydroxyl groups is 1. The van der Waals surface area contributed by atoms with Crippen molar-refractivity contribution in [2.75, 3.05) is 24.9 Å². The Morgan fingerprint density at radius 1 is 1.04 bits per heavy atom. The van der Waals surface area contributed by atoms with Crippen molar-refractivity contribution in [3.63, 3.8) is 0 Å². The first-order valence-corrected chi connectivity index (χ1v) is 9.43. The molecule has 1 saturated carbocycles. The van der Waals surface area contributed by atoms with Gasteiger partial charge in [0, 0.05) is 15.7 Å². The van der Waals surface area contributed by atoms with E-state index in [0.717, 1.165) is 18.4 Å². The largest absolute Gasteiger partial charge is 0.495 e. The molecule has 0 atom stereocenters. The number of hydrogen-bond donors (Lipinski definition) is 3. The Hall–Kier alpha value is -2.53. The molecule has 1 aliphatic carbocycles. The van der Waals surface area contributed by atoms with Gasteiger partial charge in [-0.15, -0.1) is 0 Å². The summed E-state index contributed by atoms with van der Waals surface area (Å²) < 4.78 is 5.29. The standard InChI is InChI=1S/C21H26N2O2.CH4O.2H2/c1-15-8-13-20(25-2)19(14-15)23-21(24)22-18-11-9-17(10-12-18)16-6-4-3-5-7-16;1-2;;/h8-14,16H,3-7H2,1-2H3,(H2,22,23,24);2H,1H3;2*1H. The lowest BCUT2D eigenvalue weighted by atomic mass is 9.84. The average Bonchev–Trinajstić information content (AvgIpc) is 2.71. The first-order valence-electron chi connectivity index (χ1n) is 9.43. The number of amides is 2. The number of urea groups is 1. The number of rotatable bonds is 4. The van der Waals surface area contributed by atoms with Crippen LogP contribution >= 0.6 is 0 Å². The lowest BCUT2D eigenvalue weighted by Gasteiger charge is -2.22. The van der Waals surface area contributed by atoms with E-state index in [1.54, 1.807) is 7.11 Å². The molecule has 0 saturated heterocycles. The first kappa shape index (κ1) is 20.8. The maximum Gasteiger partial charge on any atom is 0.323 e. The van der Waals surface area contributed by atoms with E-state index >= 15 is 0 Å². The van der Waals surface area contributed by atoms with Gasteiger partial charge in [0.1, 0.15) is 5.75 Å². The third-order valence-electron chi connectivity index (χ3n) is 4.85. The first-order chi connectivity index (χ1) is 13.2. The van der Waals surface area contributed by atoms with E-state index in [1.807, 2.05) is 37.3 Å². The highest BCUT2D eigenvalue weighted by atomic mass is 16.5. The van der Waals surface area contributed by atoms with Gasteiger partial charge in [-0.1, -0.05) is 37.5 Å². The van der Waals surface area contributed by atoms with Gasteiger partial charge in [-0.3, -0.25) is 0 Å². The van der Waals surface area contributed by atoms with Gasteiger partial charge in [0.15, 0.2) is 0 Å². The van der Waals surface area contributed by atoms with E-state index < -0.39 is 0 Å². The van der Waals surface area contributed by atoms with Crippen LogP contribution in [0.4, 0.5) is 16.2 Å². The van der Waals surface area contributed by atoms with Crippen LogP contribution in [0.1, 0.15) is 52.0 Å². The summed E-state index contributed by atoms with van der Waals surface area (Å²) in [6.45, 7) is 1.98. The summed E-state index contributed by atoms with van der Waals surface area (Å²) in [5, 5.41) is 12.7. The molecule has 0 heterocycles. The minimum absolute atomic E-state index is 0. The van der Waals surface area contributed by atoms with Gasteiger partial charge in [-0.25, -0.2) is 4.79 Å². The van der Waals surface area contributed by atoms with E-state index in [4.69, 9.17) is 9.84 Å². The van der Waals surface area contributed by atoms with Crippen molar-refractivity contribution in [3.8, 4) is 5.75 Å². The Morgan fingerprint density at radius 3 is 2.33 bits per heavy atom. The van der Waals surface area contributed by atoms with Crippen molar-refractivity contribution < 1.29 is 17.5 Å². The van der Waals surface area contributed by atoms with Gasteiger partial charge in [-0.2, -0.15) is 0 Å². The van der Waals surface area contributed by atoms with Crippen molar-refractivity contribution in [3.05, 3.63) is 53.6 Å². The van der Waals surface area contributed by atoms with Crippen molar-refractivity contribution in [2.45, 2.75) is 44.9 Å². The summed E-state index contributed by atoms with van der Waals surface area (Å²) in [6, 6.07) is 13.7. The van der Waals surface area contributed by atoms with E-state index in [-0.39, 0.29) is 8.88 Å². The van der Waals surface area contributed by atoms with Gasteiger partial charge in [0.25, 0.3) is 0 Å². The fourth-order valence-corrected chi connectivity index (χ4v) is 3.48. The molecule has 2 amide bonds. The molecule has 2 aromatic carbocycles. The SMILES string of the molecule is CO.COc1ccc(C)cc1NC(=O)Nc1ccc(C2CCCCC2)cc1.[HH].[HH]. The van der Waals surface area contributed by atoms with Crippen LogP contribution in [0.3, 0.4) is 0 Å². The molecule has 1 fully saturated rings. The van der Waals surface area contributed by atoms with E-state index in [1.165, 1.54) is 37.7 Å². The Labute approximate surface area is 164 Å². The Balaban J connectivity index is 0.00000190. The molecule has 27 heavy (non-hydrogen) atoms. The highest BCUT2D eigenvalue weighted by Gasteiger charge is 2.15. The lowest BCUT2D eigenvalue weighted by molar-refractivity contribution is 0.262. The van der Waals surface area contributed by atoms with Gasteiger partial charge in [0.05, 0.1) is 12.8 Å². The van der Waals surface area contributed by atoms with E-state index in [2.05, 4.69) is 22.8 Å². The molecule has 150 valence electrons. The van der Waals surface area contributed by atoms with E-state index in [9.17, 15) is 4.79 Å². The second kappa shape index (κ2) is 10.6. The summed E-state index contributed by atoms with van der Waals surface area (Å²) in [6.07, 6.45) is 6.57. The third-order valence-corrected chi connectivity index (χ3v) is 4.85. The molecule has 0 spiro atoms. The van der Waals surface area contributed by atoms with Gasteiger partial charge in [0.2, 0.25) is 0 Å². The maximum atomic E-state index is 12.3. The topological polar surface area (TPSA) is 70.6 Å². The summed E-state index contributed by atoms with van der Waals surface area (Å²) >= 11 is 0. The number of carbonyl (C=O) groups is 1. The zero-order valence-corrected chi connectivity index (χ0v) is 16.4. The molecule has 0 bridgehead atoms. The van der Waals surface area contributed by atoms with Crippen LogP contribution in [0.5, 0.6) is 5.75 Å². The fraction of sp³-hybridized carbons (Fsp3) is 0.409. The molecule has 0 aromatic heterocycles. The summed E-state index contributed by atoms with van der Waals surface area (Å²) in [4.78, 5) is 12.3. The Bertz CT molecular complexity index is 733. The molecular weight excluding hydrogens is 340 g/mol. The second-order valence-electron chi connectivity index (χ2n) is 6.74. The van der Waals surface area contributed by atoms with Crippen LogP contribution in [0, 0.1) is 6.92 Å². The molecule has 2 aromatic rings. The number of ether oxygens (including phenoxy) is 1. The third kappa shape index (κ3) is 6.00. The monoisotopic (exact) mass is 374 g/mol. The molecule has 3 N–H and O–H groups in total. The van der Waals surface area contributed by atoms with Crippen LogP contribution in [0.25, 0.3) is 0 Å². The molecule has 0 aliphatic heterocycles. The second-order valence-corrected chi connectivity index (χ2v) is 6.74. The number of nitrogens with one attached hydrogen (secondary N) is 2. The minimum atomic E-state index is -0.269. The van der Waals surface area contributed by atoms with Gasteiger partial charge < -0.3 is 20.5 Å². The average molecular weight is 375 g/mol. The van der Waals surface area contributed by atoms with Crippen molar-refractivity contribution in [1.82, 2.24) is 0 Å². The predicted molar refractivity (Wildman–Crippen MR) is 115 cm³/mol.